The Kier molecular flexibility index (Phi) is 4.19. The van der Waals surface area contributed by atoms with Crippen LogP contribution in [0.4, 0.5) is 0 Å². The Balaban J connectivity index is 2.41. The third-order valence-corrected chi connectivity index (χ3v) is 3.11. The van der Waals surface area contributed by atoms with E-state index >= 15 is 0 Å². The highest BCUT2D eigenvalue weighted by atomic mass is 35.5. The molecule has 20 heavy (non-hydrogen) atoms. The van der Waals surface area contributed by atoms with Crippen LogP contribution in [0.5, 0.6) is 17.4 Å². The minimum atomic E-state index is -0.0670. The topological polar surface area (TPSA) is 31.4 Å². The molecule has 1 aromatic heterocycles. The van der Waals surface area contributed by atoms with Crippen LogP contribution in [0.15, 0.2) is 36.4 Å². The fourth-order valence-corrected chi connectivity index (χ4v) is 2.03. The maximum Gasteiger partial charge on any atom is 0.220 e. The number of methoxy groups -OCH3 is 1. The van der Waals surface area contributed by atoms with Crippen molar-refractivity contribution in [2.75, 3.05) is 7.11 Å². The number of aromatic nitrogens is 1. The Morgan fingerprint density at radius 1 is 1.10 bits per heavy atom. The molecule has 1 aromatic carbocycles. The van der Waals surface area contributed by atoms with Crippen LogP contribution >= 0.6 is 11.6 Å². The Labute approximate surface area is 124 Å². The molecule has 0 unspecified atom stereocenters. The normalized spacial score (nSPS) is 11.2. The Hall–Kier alpha value is -1.74. The second-order valence-corrected chi connectivity index (χ2v) is 5.90. The fourth-order valence-electron chi connectivity index (χ4n) is 1.87. The van der Waals surface area contributed by atoms with E-state index in [1.165, 1.54) is 0 Å². The second kappa shape index (κ2) is 5.71. The summed E-state index contributed by atoms with van der Waals surface area (Å²) in [6.45, 7) is 6.38. The molecule has 0 bridgehead atoms. The van der Waals surface area contributed by atoms with Gasteiger partial charge in [-0.05, 0) is 29.7 Å². The van der Waals surface area contributed by atoms with Crippen molar-refractivity contribution in [3.8, 4) is 17.4 Å². The van der Waals surface area contributed by atoms with Crippen molar-refractivity contribution >= 4 is 11.6 Å². The Bertz CT molecular complexity index is 606. The molecule has 0 saturated heterocycles. The molecule has 2 rings (SSSR count). The number of benzene rings is 1. The number of nitrogens with zero attached hydrogens (tertiary/aromatic N) is 1. The average Bonchev–Trinajstić information content (AvgIpc) is 2.38. The number of hydrogen-bond donors (Lipinski definition) is 0. The van der Waals surface area contributed by atoms with Gasteiger partial charge >= 0.3 is 0 Å². The van der Waals surface area contributed by atoms with E-state index in [1.54, 1.807) is 19.2 Å². The van der Waals surface area contributed by atoms with Gasteiger partial charge in [-0.3, -0.25) is 0 Å². The highest BCUT2D eigenvalue weighted by Crippen LogP contribution is 2.36. The third-order valence-electron chi connectivity index (χ3n) is 2.90. The van der Waals surface area contributed by atoms with Crippen LogP contribution in [0.25, 0.3) is 0 Å². The van der Waals surface area contributed by atoms with Crippen LogP contribution in [-0.4, -0.2) is 12.1 Å². The third kappa shape index (κ3) is 3.42. The lowest BCUT2D eigenvalue weighted by Gasteiger charge is -2.23. The van der Waals surface area contributed by atoms with E-state index in [2.05, 4.69) is 25.8 Å². The number of halogens is 1. The molecule has 2 aromatic rings. The molecule has 0 aliphatic rings. The van der Waals surface area contributed by atoms with Gasteiger partial charge < -0.3 is 9.47 Å². The summed E-state index contributed by atoms with van der Waals surface area (Å²) < 4.78 is 11.1. The molecular weight excluding hydrogens is 274 g/mol. The van der Waals surface area contributed by atoms with Crippen molar-refractivity contribution in [1.82, 2.24) is 4.98 Å². The standard InChI is InChI=1S/C16H18ClNO2/c1-16(2,3)12-10-11(19-4)8-9-13(12)20-15-7-5-6-14(17)18-15/h5-10H,1-4H3. The maximum atomic E-state index is 5.88. The first-order chi connectivity index (χ1) is 9.40. The van der Waals surface area contributed by atoms with E-state index in [4.69, 9.17) is 21.1 Å². The molecule has 0 aliphatic heterocycles. The highest BCUT2D eigenvalue weighted by Gasteiger charge is 2.20. The second-order valence-electron chi connectivity index (χ2n) is 5.51. The van der Waals surface area contributed by atoms with E-state index in [9.17, 15) is 0 Å². The van der Waals surface area contributed by atoms with Crippen LogP contribution in [-0.2, 0) is 5.41 Å². The van der Waals surface area contributed by atoms with Gasteiger partial charge in [0.05, 0.1) is 7.11 Å². The predicted molar refractivity (Wildman–Crippen MR) is 81.0 cm³/mol. The van der Waals surface area contributed by atoms with Gasteiger partial charge in [-0.1, -0.05) is 38.4 Å². The van der Waals surface area contributed by atoms with Crippen molar-refractivity contribution in [1.29, 1.82) is 0 Å². The van der Waals surface area contributed by atoms with E-state index < -0.39 is 0 Å². The number of hydrogen-bond acceptors (Lipinski definition) is 3. The van der Waals surface area contributed by atoms with Gasteiger partial charge in [-0.2, -0.15) is 0 Å². The van der Waals surface area contributed by atoms with Crippen LogP contribution in [0.3, 0.4) is 0 Å². The fraction of sp³-hybridized carbons (Fsp3) is 0.312. The minimum Gasteiger partial charge on any atom is -0.497 e. The molecule has 0 N–H and O–H groups in total. The lowest BCUT2D eigenvalue weighted by Crippen LogP contribution is -2.13. The summed E-state index contributed by atoms with van der Waals surface area (Å²) in [4.78, 5) is 4.15. The van der Waals surface area contributed by atoms with Gasteiger partial charge in [0.1, 0.15) is 16.7 Å². The molecule has 106 valence electrons. The first kappa shape index (κ1) is 14.7. The largest absolute Gasteiger partial charge is 0.497 e. The summed E-state index contributed by atoms with van der Waals surface area (Å²) in [7, 11) is 1.65. The summed E-state index contributed by atoms with van der Waals surface area (Å²) in [5.74, 6) is 2.04. The van der Waals surface area contributed by atoms with E-state index in [0.717, 1.165) is 17.1 Å². The van der Waals surface area contributed by atoms with Crippen molar-refractivity contribution in [3.05, 3.63) is 47.1 Å². The lowest BCUT2D eigenvalue weighted by atomic mass is 9.86. The molecule has 0 saturated carbocycles. The van der Waals surface area contributed by atoms with Crippen molar-refractivity contribution in [2.24, 2.45) is 0 Å². The molecule has 0 radical (unpaired) electrons. The molecule has 0 atom stereocenters. The molecule has 3 nitrogen and oxygen atoms in total. The van der Waals surface area contributed by atoms with Crippen molar-refractivity contribution in [2.45, 2.75) is 26.2 Å². The molecule has 0 amide bonds. The average molecular weight is 292 g/mol. The first-order valence-electron chi connectivity index (χ1n) is 6.39. The molecule has 0 spiro atoms. The van der Waals surface area contributed by atoms with E-state index in [1.807, 2.05) is 24.3 Å². The number of rotatable bonds is 3. The van der Waals surface area contributed by atoms with E-state index in [0.29, 0.717) is 11.0 Å². The lowest BCUT2D eigenvalue weighted by molar-refractivity contribution is 0.405. The van der Waals surface area contributed by atoms with Gasteiger partial charge in [0, 0.05) is 11.6 Å². The van der Waals surface area contributed by atoms with Gasteiger partial charge in [-0.25, -0.2) is 4.98 Å². The van der Waals surface area contributed by atoms with Gasteiger partial charge in [0.25, 0.3) is 0 Å². The molecular formula is C16H18ClNO2. The van der Waals surface area contributed by atoms with Crippen molar-refractivity contribution < 1.29 is 9.47 Å². The van der Waals surface area contributed by atoms with Crippen LogP contribution in [0, 0.1) is 0 Å². The summed E-state index contributed by atoms with van der Waals surface area (Å²) in [6.07, 6.45) is 0. The highest BCUT2D eigenvalue weighted by molar-refractivity contribution is 6.29. The van der Waals surface area contributed by atoms with Crippen LogP contribution in [0.2, 0.25) is 5.15 Å². The van der Waals surface area contributed by atoms with Gasteiger partial charge in [-0.15, -0.1) is 0 Å². The molecule has 1 heterocycles. The van der Waals surface area contributed by atoms with Crippen LogP contribution < -0.4 is 9.47 Å². The maximum absolute atomic E-state index is 5.88. The minimum absolute atomic E-state index is 0.0670. The smallest absolute Gasteiger partial charge is 0.220 e. The summed E-state index contributed by atoms with van der Waals surface area (Å²) >= 11 is 5.88. The van der Waals surface area contributed by atoms with E-state index in [-0.39, 0.29) is 5.41 Å². The molecule has 0 aliphatic carbocycles. The first-order valence-corrected chi connectivity index (χ1v) is 6.77. The number of pyridine rings is 1. The van der Waals surface area contributed by atoms with Crippen molar-refractivity contribution in [3.63, 3.8) is 0 Å². The zero-order valence-corrected chi connectivity index (χ0v) is 12.9. The SMILES string of the molecule is COc1ccc(Oc2cccc(Cl)n2)c(C(C)(C)C)c1. The zero-order valence-electron chi connectivity index (χ0n) is 12.1. The number of ether oxygens (including phenoxy) is 2. The summed E-state index contributed by atoms with van der Waals surface area (Å²) in [5, 5.41) is 0.410. The Morgan fingerprint density at radius 3 is 2.45 bits per heavy atom. The monoisotopic (exact) mass is 291 g/mol. The summed E-state index contributed by atoms with van der Waals surface area (Å²) in [6, 6.07) is 11.1. The zero-order chi connectivity index (χ0) is 14.8. The quantitative estimate of drug-likeness (QED) is 0.759. The van der Waals surface area contributed by atoms with Gasteiger partial charge in [0.2, 0.25) is 5.88 Å². The Morgan fingerprint density at radius 2 is 1.85 bits per heavy atom. The molecule has 4 heteroatoms. The summed E-state index contributed by atoms with van der Waals surface area (Å²) in [5.41, 5.74) is 0.987. The molecule has 0 fully saturated rings. The predicted octanol–water partition coefficient (Wildman–Crippen LogP) is 4.83. The van der Waals surface area contributed by atoms with Gasteiger partial charge in [0.15, 0.2) is 0 Å². The van der Waals surface area contributed by atoms with Crippen LogP contribution in [0.1, 0.15) is 26.3 Å².